The summed E-state index contributed by atoms with van der Waals surface area (Å²) in [6.07, 6.45) is 7.14. The van der Waals surface area contributed by atoms with Gasteiger partial charge in [0.2, 0.25) is 0 Å². The number of hydrogen-bond acceptors (Lipinski definition) is 4. The van der Waals surface area contributed by atoms with Crippen molar-refractivity contribution in [1.29, 1.82) is 0 Å². The SMILES string of the molecule is CC1CCN(C(=O)c2ccc(N3CCCCCC3)nc2)CC1O. The maximum atomic E-state index is 12.6. The lowest BCUT2D eigenvalue weighted by atomic mass is 9.95. The van der Waals surface area contributed by atoms with Gasteiger partial charge in [0.1, 0.15) is 5.82 Å². The van der Waals surface area contributed by atoms with E-state index in [-0.39, 0.29) is 11.8 Å². The van der Waals surface area contributed by atoms with Crippen LogP contribution >= 0.6 is 0 Å². The van der Waals surface area contributed by atoms with Crippen LogP contribution in [0.25, 0.3) is 0 Å². The second-order valence-corrected chi connectivity index (χ2v) is 6.89. The molecule has 126 valence electrons. The Hall–Kier alpha value is -1.62. The van der Waals surface area contributed by atoms with Gasteiger partial charge in [0.15, 0.2) is 0 Å². The van der Waals surface area contributed by atoms with Crippen LogP contribution in [0.4, 0.5) is 5.82 Å². The number of β-amino-alcohol motifs (C(OH)–C–C–N with tert-alkyl or cyclic N) is 1. The fourth-order valence-corrected chi connectivity index (χ4v) is 3.42. The Labute approximate surface area is 138 Å². The van der Waals surface area contributed by atoms with Gasteiger partial charge in [0, 0.05) is 32.4 Å². The minimum Gasteiger partial charge on any atom is -0.391 e. The Kier molecular flexibility index (Phi) is 5.16. The van der Waals surface area contributed by atoms with Crippen molar-refractivity contribution in [1.82, 2.24) is 9.88 Å². The lowest BCUT2D eigenvalue weighted by Crippen LogP contribution is -2.45. The smallest absolute Gasteiger partial charge is 0.255 e. The number of aliphatic hydroxyl groups is 1. The molecule has 2 fully saturated rings. The first-order valence-electron chi connectivity index (χ1n) is 8.83. The zero-order chi connectivity index (χ0) is 16.2. The van der Waals surface area contributed by atoms with E-state index in [1.165, 1.54) is 25.7 Å². The average Bonchev–Trinajstić information content (AvgIpc) is 2.86. The number of hydrogen-bond donors (Lipinski definition) is 1. The fourth-order valence-electron chi connectivity index (χ4n) is 3.42. The van der Waals surface area contributed by atoms with E-state index in [0.717, 1.165) is 25.3 Å². The third-order valence-electron chi connectivity index (χ3n) is 5.13. The van der Waals surface area contributed by atoms with Gasteiger partial charge in [-0.25, -0.2) is 4.98 Å². The summed E-state index contributed by atoms with van der Waals surface area (Å²) in [6.45, 7) is 5.27. The summed E-state index contributed by atoms with van der Waals surface area (Å²) in [4.78, 5) is 21.1. The van der Waals surface area contributed by atoms with Gasteiger partial charge < -0.3 is 14.9 Å². The van der Waals surface area contributed by atoms with Crippen molar-refractivity contribution in [2.24, 2.45) is 5.92 Å². The summed E-state index contributed by atoms with van der Waals surface area (Å²) in [5.41, 5.74) is 0.616. The molecule has 0 saturated carbocycles. The van der Waals surface area contributed by atoms with Gasteiger partial charge in [-0.3, -0.25) is 4.79 Å². The minimum atomic E-state index is -0.419. The molecule has 0 bridgehead atoms. The molecule has 2 atom stereocenters. The Balaban J connectivity index is 1.65. The maximum absolute atomic E-state index is 12.6. The van der Waals surface area contributed by atoms with Crippen LogP contribution in [0.15, 0.2) is 18.3 Å². The summed E-state index contributed by atoms with van der Waals surface area (Å²) in [5, 5.41) is 9.97. The number of aliphatic hydroxyl groups excluding tert-OH is 1. The second kappa shape index (κ2) is 7.30. The van der Waals surface area contributed by atoms with Crippen molar-refractivity contribution < 1.29 is 9.90 Å². The molecule has 0 aliphatic carbocycles. The molecule has 5 heteroatoms. The zero-order valence-corrected chi connectivity index (χ0v) is 13.9. The van der Waals surface area contributed by atoms with Crippen LogP contribution in [-0.4, -0.2) is 53.2 Å². The molecular formula is C18H27N3O2. The van der Waals surface area contributed by atoms with Gasteiger partial charge in [-0.2, -0.15) is 0 Å². The standard InChI is InChI=1S/C18H27N3O2/c1-14-8-11-21(13-16(14)22)18(23)15-6-7-17(19-12-15)20-9-4-2-3-5-10-20/h6-7,12,14,16,22H,2-5,8-11,13H2,1H3. The predicted molar refractivity (Wildman–Crippen MR) is 90.6 cm³/mol. The molecule has 0 spiro atoms. The predicted octanol–water partition coefficient (Wildman–Crippen LogP) is 2.30. The first-order valence-corrected chi connectivity index (χ1v) is 8.83. The highest BCUT2D eigenvalue weighted by molar-refractivity contribution is 5.94. The lowest BCUT2D eigenvalue weighted by Gasteiger charge is -2.34. The van der Waals surface area contributed by atoms with Crippen molar-refractivity contribution in [2.45, 2.75) is 45.1 Å². The third kappa shape index (κ3) is 3.83. The number of pyridine rings is 1. The van der Waals surface area contributed by atoms with Gasteiger partial charge in [-0.05, 0) is 37.3 Å². The van der Waals surface area contributed by atoms with E-state index in [1.54, 1.807) is 11.1 Å². The van der Waals surface area contributed by atoms with E-state index in [9.17, 15) is 9.90 Å². The van der Waals surface area contributed by atoms with Crippen LogP contribution in [0, 0.1) is 5.92 Å². The molecule has 5 nitrogen and oxygen atoms in total. The Bertz CT molecular complexity index is 524. The molecule has 1 amide bonds. The second-order valence-electron chi connectivity index (χ2n) is 6.89. The Morgan fingerprint density at radius 2 is 1.91 bits per heavy atom. The van der Waals surface area contributed by atoms with E-state index < -0.39 is 6.10 Å². The third-order valence-corrected chi connectivity index (χ3v) is 5.13. The van der Waals surface area contributed by atoms with Gasteiger partial charge >= 0.3 is 0 Å². The van der Waals surface area contributed by atoms with E-state index in [1.807, 2.05) is 19.1 Å². The molecule has 3 rings (SSSR count). The summed E-state index contributed by atoms with van der Waals surface area (Å²) in [5.74, 6) is 1.21. The highest BCUT2D eigenvalue weighted by Gasteiger charge is 2.28. The van der Waals surface area contributed by atoms with E-state index in [0.29, 0.717) is 18.7 Å². The number of amides is 1. The first-order chi connectivity index (χ1) is 11.1. The lowest BCUT2D eigenvalue weighted by molar-refractivity contribution is 0.0248. The molecule has 23 heavy (non-hydrogen) atoms. The van der Waals surface area contributed by atoms with Crippen LogP contribution in [0.1, 0.15) is 49.4 Å². The number of anilines is 1. The summed E-state index contributed by atoms with van der Waals surface area (Å²) in [7, 11) is 0. The topological polar surface area (TPSA) is 56.7 Å². The van der Waals surface area contributed by atoms with Crippen LogP contribution in [-0.2, 0) is 0 Å². The van der Waals surface area contributed by atoms with Crippen LogP contribution in [0.5, 0.6) is 0 Å². The Morgan fingerprint density at radius 1 is 1.17 bits per heavy atom. The number of nitrogens with zero attached hydrogens (tertiary/aromatic N) is 3. The normalized spacial score (nSPS) is 26.0. The minimum absolute atomic E-state index is 0.0223. The molecule has 1 aromatic rings. The quantitative estimate of drug-likeness (QED) is 0.909. The molecule has 2 aliphatic heterocycles. The molecule has 1 N–H and O–H groups in total. The van der Waals surface area contributed by atoms with Crippen LogP contribution in [0.2, 0.25) is 0 Å². The average molecular weight is 317 g/mol. The number of piperidine rings is 1. The number of aromatic nitrogens is 1. The van der Waals surface area contributed by atoms with Crippen LogP contribution < -0.4 is 4.90 Å². The number of likely N-dealkylation sites (tertiary alicyclic amines) is 1. The molecule has 2 saturated heterocycles. The van der Waals surface area contributed by atoms with E-state index >= 15 is 0 Å². The molecule has 2 aliphatic rings. The molecular weight excluding hydrogens is 290 g/mol. The maximum Gasteiger partial charge on any atom is 0.255 e. The first kappa shape index (κ1) is 16.2. The summed E-state index contributed by atoms with van der Waals surface area (Å²) >= 11 is 0. The number of rotatable bonds is 2. The van der Waals surface area contributed by atoms with Gasteiger partial charge in [-0.15, -0.1) is 0 Å². The monoisotopic (exact) mass is 317 g/mol. The fraction of sp³-hybridized carbons (Fsp3) is 0.667. The molecule has 0 aromatic carbocycles. The summed E-state index contributed by atoms with van der Waals surface area (Å²) < 4.78 is 0. The largest absolute Gasteiger partial charge is 0.391 e. The van der Waals surface area contributed by atoms with Crippen molar-refractivity contribution >= 4 is 11.7 Å². The van der Waals surface area contributed by atoms with E-state index in [2.05, 4.69) is 9.88 Å². The van der Waals surface area contributed by atoms with Crippen molar-refractivity contribution in [3.05, 3.63) is 23.9 Å². The molecule has 2 unspecified atom stereocenters. The molecule has 1 aromatic heterocycles. The zero-order valence-electron chi connectivity index (χ0n) is 13.9. The van der Waals surface area contributed by atoms with Crippen molar-refractivity contribution in [2.75, 3.05) is 31.1 Å². The van der Waals surface area contributed by atoms with Gasteiger partial charge in [0.25, 0.3) is 5.91 Å². The van der Waals surface area contributed by atoms with E-state index in [4.69, 9.17) is 0 Å². The Morgan fingerprint density at radius 3 is 2.52 bits per heavy atom. The molecule has 3 heterocycles. The highest BCUT2D eigenvalue weighted by atomic mass is 16.3. The van der Waals surface area contributed by atoms with Crippen molar-refractivity contribution in [3.63, 3.8) is 0 Å². The van der Waals surface area contributed by atoms with Crippen LogP contribution in [0.3, 0.4) is 0 Å². The number of carbonyl (C=O) groups is 1. The summed E-state index contributed by atoms with van der Waals surface area (Å²) in [6, 6.07) is 3.83. The van der Waals surface area contributed by atoms with Gasteiger partial charge in [0.05, 0.1) is 11.7 Å². The number of carbonyl (C=O) groups excluding carboxylic acids is 1. The van der Waals surface area contributed by atoms with Gasteiger partial charge in [-0.1, -0.05) is 19.8 Å². The molecule has 0 radical (unpaired) electrons. The van der Waals surface area contributed by atoms with Crippen molar-refractivity contribution in [3.8, 4) is 0 Å². The highest BCUT2D eigenvalue weighted by Crippen LogP contribution is 2.21.